The van der Waals surface area contributed by atoms with Crippen LogP contribution in [-0.2, 0) is 4.79 Å². The molecule has 132 valence electrons. The van der Waals surface area contributed by atoms with Gasteiger partial charge in [-0.1, -0.05) is 33.1 Å². The minimum atomic E-state index is 0.283. The normalized spacial score (nSPS) is 23.4. The summed E-state index contributed by atoms with van der Waals surface area (Å²) in [6, 6.07) is 0.326. The zero-order valence-corrected chi connectivity index (χ0v) is 15.1. The Morgan fingerprint density at radius 2 is 1.96 bits per heavy atom. The molecule has 2 fully saturated rings. The number of hydrogen-bond acceptors (Lipinski definition) is 2. The van der Waals surface area contributed by atoms with E-state index in [1.165, 1.54) is 19.3 Å². The lowest BCUT2D eigenvalue weighted by atomic mass is 9.88. The summed E-state index contributed by atoms with van der Waals surface area (Å²) < 4.78 is 0. The van der Waals surface area contributed by atoms with Crippen LogP contribution < -0.4 is 10.6 Å². The summed E-state index contributed by atoms with van der Waals surface area (Å²) in [6.07, 6.45) is 6.94. The first-order chi connectivity index (χ1) is 11.1. The van der Waals surface area contributed by atoms with Gasteiger partial charge in [0.1, 0.15) is 0 Å². The average Bonchev–Trinajstić information content (AvgIpc) is 3.01. The largest absolute Gasteiger partial charge is 0.357 e. The molecule has 1 atom stereocenters. The molecule has 0 aromatic carbocycles. The Morgan fingerprint density at radius 1 is 1.22 bits per heavy atom. The van der Waals surface area contributed by atoms with E-state index in [1.807, 2.05) is 0 Å². The first-order valence-electron chi connectivity index (χ1n) is 9.43. The van der Waals surface area contributed by atoms with Crippen LogP contribution in [-0.4, -0.2) is 49.0 Å². The van der Waals surface area contributed by atoms with Crippen molar-refractivity contribution >= 4 is 11.9 Å². The second-order valence-electron chi connectivity index (χ2n) is 7.36. The third kappa shape index (κ3) is 5.70. The smallest absolute Gasteiger partial charge is 0.225 e. The van der Waals surface area contributed by atoms with E-state index in [0.29, 0.717) is 17.9 Å². The van der Waals surface area contributed by atoms with Crippen LogP contribution in [0, 0.1) is 11.8 Å². The van der Waals surface area contributed by atoms with Crippen LogP contribution in [0.4, 0.5) is 0 Å². The minimum Gasteiger partial charge on any atom is -0.357 e. The molecule has 0 aromatic heterocycles. The first kappa shape index (κ1) is 18.1. The maximum atomic E-state index is 12.6. The van der Waals surface area contributed by atoms with Crippen molar-refractivity contribution in [3.8, 4) is 0 Å². The molecule has 2 N–H and O–H groups in total. The number of aliphatic imine (C=N–C) groups is 1. The van der Waals surface area contributed by atoms with Gasteiger partial charge in [0.2, 0.25) is 5.91 Å². The molecule has 1 aliphatic heterocycles. The van der Waals surface area contributed by atoms with Gasteiger partial charge in [0.25, 0.3) is 0 Å². The molecular formula is C18H34N4O. The highest BCUT2D eigenvalue weighted by atomic mass is 16.2. The topological polar surface area (TPSA) is 56.7 Å². The van der Waals surface area contributed by atoms with Crippen molar-refractivity contribution in [1.29, 1.82) is 0 Å². The quantitative estimate of drug-likeness (QED) is 0.603. The third-order valence-corrected chi connectivity index (χ3v) is 4.75. The Bertz CT molecular complexity index is 402. The van der Waals surface area contributed by atoms with E-state index < -0.39 is 0 Å². The number of rotatable bonds is 5. The number of carbonyl (C=O) groups is 1. The summed E-state index contributed by atoms with van der Waals surface area (Å²) in [6.45, 7) is 9.83. The molecular weight excluding hydrogens is 288 g/mol. The Balaban J connectivity index is 1.83. The van der Waals surface area contributed by atoms with E-state index in [9.17, 15) is 4.79 Å². The van der Waals surface area contributed by atoms with Crippen molar-refractivity contribution in [2.45, 2.75) is 65.3 Å². The highest BCUT2D eigenvalue weighted by Gasteiger charge is 2.31. The van der Waals surface area contributed by atoms with Crippen LogP contribution in [0.3, 0.4) is 0 Å². The molecule has 1 saturated heterocycles. The van der Waals surface area contributed by atoms with Crippen molar-refractivity contribution in [2.24, 2.45) is 16.8 Å². The number of likely N-dealkylation sites (tertiary alicyclic amines) is 1. The second kappa shape index (κ2) is 9.14. The van der Waals surface area contributed by atoms with Gasteiger partial charge in [-0.25, -0.2) is 0 Å². The molecule has 0 bridgehead atoms. The van der Waals surface area contributed by atoms with Crippen molar-refractivity contribution in [2.75, 3.05) is 26.2 Å². The number of carbonyl (C=O) groups excluding carboxylic acids is 1. The molecule has 0 spiro atoms. The van der Waals surface area contributed by atoms with Crippen LogP contribution in [0.15, 0.2) is 4.99 Å². The molecule has 23 heavy (non-hydrogen) atoms. The van der Waals surface area contributed by atoms with Gasteiger partial charge in [-0.05, 0) is 32.1 Å². The van der Waals surface area contributed by atoms with Gasteiger partial charge < -0.3 is 15.5 Å². The van der Waals surface area contributed by atoms with Crippen LogP contribution in [0.25, 0.3) is 0 Å². The Labute approximate surface area is 141 Å². The molecule has 0 radical (unpaired) electrons. The molecule has 5 nitrogen and oxygen atoms in total. The fourth-order valence-corrected chi connectivity index (χ4v) is 3.47. The SMILES string of the molecule is CCNC(=NCC(C)C)NC1CCN(C(=O)C2CCCCC2)C1. The summed E-state index contributed by atoms with van der Waals surface area (Å²) in [5.41, 5.74) is 0. The fraction of sp³-hybridized carbons (Fsp3) is 0.889. The monoisotopic (exact) mass is 322 g/mol. The van der Waals surface area contributed by atoms with Gasteiger partial charge in [0.05, 0.1) is 0 Å². The molecule has 2 rings (SSSR count). The number of amides is 1. The standard InChI is InChI=1S/C18H34N4O/c1-4-19-18(20-12-14(2)3)21-16-10-11-22(13-16)17(23)15-8-6-5-7-9-15/h14-16H,4-13H2,1-3H3,(H2,19,20,21). The van der Waals surface area contributed by atoms with Gasteiger partial charge >= 0.3 is 0 Å². The second-order valence-corrected chi connectivity index (χ2v) is 7.36. The van der Waals surface area contributed by atoms with E-state index >= 15 is 0 Å². The lowest BCUT2D eigenvalue weighted by Gasteiger charge is -2.26. The molecule has 1 saturated carbocycles. The van der Waals surface area contributed by atoms with Gasteiger partial charge in [0.15, 0.2) is 5.96 Å². The number of nitrogens with one attached hydrogen (secondary N) is 2. The maximum absolute atomic E-state index is 12.6. The highest BCUT2D eigenvalue weighted by molar-refractivity contribution is 5.81. The van der Waals surface area contributed by atoms with Gasteiger partial charge in [0, 0.05) is 38.1 Å². The van der Waals surface area contributed by atoms with Crippen molar-refractivity contribution in [3.63, 3.8) is 0 Å². The lowest BCUT2D eigenvalue weighted by molar-refractivity contribution is -0.135. The Hall–Kier alpha value is -1.26. The summed E-state index contributed by atoms with van der Waals surface area (Å²) in [5, 5.41) is 6.81. The van der Waals surface area contributed by atoms with E-state index in [2.05, 4.69) is 41.3 Å². The minimum absolute atomic E-state index is 0.283. The van der Waals surface area contributed by atoms with Gasteiger partial charge in [-0.3, -0.25) is 9.79 Å². The van der Waals surface area contributed by atoms with Crippen LogP contribution in [0.2, 0.25) is 0 Å². The van der Waals surface area contributed by atoms with Crippen LogP contribution >= 0.6 is 0 Å². The van der Waals surface area contributed by atoms with E-state index in [0.717, 1.165) is 51.4 Å². The zero-order valence-electron chi connectivity index (χ0n) is 15.1. The lowest BCUT2D eigenvalue weighted by Crippen LogP contribution is -2.45. The maximum Gasteiger partial charge on any atom is 0.225 e. The third-order valence-electron chi connectivity index (χ3n) is 4.75. The van der Waals surface area contributed by atoms with E-state index in [1.54, 1.807) is 0 Å². The van der Waals surface area contributed by atoms with E-state index in [4.69, 9.17) is 0 Å². The molecule has 5 heteroatoms. The van der Waals surface area contributed by atoms with Crippen molar-refractivity contribution in [1.82, 2.24) is 15.5 Å². The first-order valence-corrected chi connectivity index (χ1v) is 9.43. The summed E-state index contributed by atoms with van der Waals surface area (Å²) in [5.74, 6) is 2.11. The summed E-state index contributed by atoms with van der Waals surface area (Å²) in [4.78, 5) is 19.3. The highest BCUT2D eigenvalue weighted by Crippen LogP contribution is 2.26. The van der Waals surface area contributed by atoms with Crippen LogP contribution in [0.5, 0.6) is 0 Å². The predicted molar refractivity (Wildman–Crippen MR) is 95.5 cm³/mol. The van der Waals surface area contributed by atoms with Crippen LogP contribution in [0.1, 0.15) is 59.3 Å². The van der Waals surface area contributed by atoms with Gasteiger partial charge in [-0.15, -0.1) is 0 Å². The molecule has 1 unspecified atom stereocenters. The molecule has 2 aliphatic rings. The molecule has 0 aromatic rings. The fourth-order valence-electron chi connectivity index (χ4n) is 3.47. The number of hydrogen-bond donors (Lipinski definition) is 2. The Morgan fingerprint density at radius 3 is 2.61 bits per heavy atom. The number of nitrogens with zero attached hydrogens (tertiary/aromatic N) is 2. The predicted octanol–water partition coefficient (Wildman–Crippen LogP) is 2.38. The van der Waals surface area contributed by atoms with Crippen molar-refractivity contribution < 1.29 is 4.79 Å². The average molecular weight is 322 g/mol. The number of guanidine groups is 1. The molecule has 1 heterocycles. The summed E-state index contributed by atoms with van der Waals surface area (Å²) >= 11 is 0. The summed E-state index contributed by atoms with van der Waals surface area (Å²) in [7, 11) is 0. The van der Waals surface area contributed by atoms with Gasteiger partial charge in [-0.2, -0.15) is 0 Å². The molecule has 1 aliphatic carbocycles. The molecule has 1 amide bonds. The van der Waals surface area contributed by atoms with Crippen molar-refractivity contribution in [3.05, 3.63) is 0 Å². The van der Waals surface area contributed by atoms with E-state index in [-0.39, 0.29) is 5.92 Å². The Kier molecular flexibility index (Phi) is 7.18. The zero-order chi connectivity index (χ0) is 16.7.